The normalized spacial score (nSPS) is 13.1. The molecule has 23 heavy (non-hydrogen) atoms. The molecule has 4 rings (SSSR count). The van der Waals surface area contributed by atoms with E-state index in [2.05, 4.69) is 5.32 Å². The summed E-state index contributed by atoms with van der Waals surface area (Å²) >= 11 is 0. The van der Waals surface area contributed by atoms with Crippen LogP contribution in [0.2, 0.25) is 0 Å². The molecular formula is C18H16N2O3. The molecule has 0 unspecified atom stereocenters. The fraction of sp³-hybridized carbons (Fsp3) is 0.167. The molecule has 1 N–H and O–H groups in total. The highest BCUT2D eigenvalue weighted by atomic mass is 16.6. The first-order chi connectivity index (χ1) is 11.2. The van der Waals surface area contributed by atoms with Gasteiger partial charge in [-0.25, -0.2) is 0 Å². The van der Waals surface area contributed by atoms with Gasteiger partial charge in [0.05, 0.1) is 0 Å². The quantitative estimate of drug-likeness (QED) is 0.791. The zero-order valence-corrected chi connectivity index (χ0v) is 12.7. The highest BCUT2D eigenvalue weighted by Crippen LogP contribution is 2.32. The van der Waals surface area contributed by atoms with Crippen molar-refractivity contribution in [2.45, 2.75) is 0 Å². The van der Waals surface area contributed by atoms with Gasteiger partial charge in [-0.1, -0.05) is 0 Å². The first-order valence-corrected chi connectivity index (χ1v) is 7.47. The van der Waals surface area contributed by atoms with E-state index in [4.69, 9.17) is 9.47 Å². The van der Waals surface area contributed by atoms with Crippen molar-refractivity contribution in [1.29, 1.82) is 0 Å². The Hall–Kier alpha value is -2.95. The van der Waals surface area contributed by atoms with Crippen LogP contribution in [-0.4, -0.2) is 23.7 Å². The number of nitrogens with one attached hydrogen (secondary N) is 1. The molecule has 3 aromatic rings. The van der Waals surface area contributed by atoms with Gasteiger partial charge in [-0.3, -0.25) is 4.79 Å². The summed E-state index contributed by atoms with van der Waals surface area (Å²) in [5, 5.41) is 3.94. The summed E-state index contributed by atoms with van der Waals surface area (Å²) in [7, 11) is 1.98. The van der Waals surface area contributed by atoms with Gasteiger partial charge in [0.1, 0.15) is 13.2 Å². The molecule has 2 aromatic carbocycles. The molecule has 5 nitrogen and oxygen atoms in total. The number of hydrogen-bond acceptors (Lipinski definition) is 3. The number of benzene rings is 2. The molecule has 1 amide bonds. The molecule has 0 aliphatic carbocycles. The standard InChI is InChI=1S/C18H16N2O3/c1-20-7-6-12-10-13(2-4-15(12)20)18(21)19-14-3-5-16-17(11-14)23-9-8-22-16/h2-7,10-11H,8-9H2,1H3,(H,19,21). The van der Waals surface area contributed by atoms with Crippen LogP contribution in [0.25, 0.3) is 10.9 Å². The minimum Gasteiger partial charge on any atom is -0.486 e. The van der Waals surface area contributed by atoms with Gasteiger partial charge in [0.15, 0.2) is 11.5 Å². The van der Waals surface area contributed by atoms with Gasteiger partial charge in [0.2, 0.25) is 0 Å². The Bertz CT molecular complexity index is 898. The molecule has 0 radical (unpaired) electrons. The van der Waals surface area contributed by atoms with Crippen molar-refractivity contribution in [1.82, 2.24) is 4.57 Å². The zero-order chi connectivity index (χ0) is 15.8. The lowest BCUT2D eigenvalue weighted by atomic mass is 10.1. The summed E-state index contributed by atoms with van der Waals surface area (Å²) in [5.41, 5.74) is 2.41. The summed E-state index contributed by atoms with van der Waals surface area (Å²) in [5.74, 6) is 1.22. The smallest absolute Gasteiger partial charge is 0.255 e. The Labute approximate surface area is 133 Å². The van der Waals surface area contributed by atoms with E-state index in [1.54, 1.807) is 6.07 Å². The number of fused-ring (bicyclic) bond motifs is 2. The van der Waals surface area contributed by atoms with Crippen molar-refractivity contribution >= 4 is 22.5 Å². The number of aryl methyl sites for hydroxylation is 1. The van der Waals surface area contributed by atoms with Crippen LogP contribution < -0.4 is 14.8 Å². The van der Waals surface area contributed by atoms with Gasteiger partial charge in [-0.15, -0.1) is 0 Å². The van der Waals surface area contributed by atoms with E-state index >= 15 is 0 Å². The van der Waals surface area contributed by atoms with Crippen LogP contribution in [0.5, 0.6) is 11.5 Å². The Morgan fingerprint density at radius 1 is 1.04 bits per heavy atom. The summed E-state index contributed by atoms with van der Waals surface area (Å²) in [6.07, 6.45) is 1.98. The second-order valence-corrected chi connectivity index (χ2v) is 5.51. The zero-order valence-electron chi connectivity index (χ0n) is 12.7. The number of ether oxygens (including phenoxy) is 2. The van der Waals surface area contributed by atoms with Crippen LogP contribution >= 0.6 is 0 Å². The third-order valence-corrected chi connectivity index (χ3v) is 3.95. The van der Waals surface area contributed by atoms with Gasteiger partial charge in [0.25, 0.3) is 5.91 Å². The van der Waals surface area contributed by atoms with E-state index in [0.717, 1.165) is 10.9 Å². The summed E-state index contributed by atoms with van der Waals surface area (Å²) < 4.78 is 13.0. The third-order valence-electron chi connectivity index (χ3n) is 3.95. The van der Waals surface area contributed by atoms with E-state index in [1.807, 2.05) is 54.2 Å². The first-order valence-electron chi connectivity index (χ1n) is 7.47. The molecule has 1 aliphatic rings. The average molecular weight is 308 g/mol. The van der Waals surface area contributed by atoms with Gasteiger partial charge < -0.3 is 19.4 Å². The second kappa shape index (κ2) is 5.35. The molecule has 0 fully saturated rings. The number of carbonyl (C=O) groups is 1. The van der Waals surface area contributed by atoms with Crippen molar-refractivity contribution < 1.29 is 14.3 Å². The Morgan fingerprint density at radius 2 is 1.87 bits per heavy atom. The van der Waals surface area contributed by atoms with E-state index in [0.29, 0.717) is 36.0 Å². The van der Waals surface area contributed by atoms with Crippen LogP contribution in [0.4, 0.5) is 5.69 Å². The minimum atomic E-state index is -0.146. The lowest BCUT2D eigenvalue weighted by Gasteiger charge is -2.19. The van der Waals surface area contributed by atoms with Crippen molar-refractivity contribution in [2.75, 3.05) is 18.5 Å². The van der Waals surface area contributed by atoms with Crippen molar-refractivity contribution in [3.63, 3.8) is 0 Å². The van der Waals surface area contributed by atoms with Gasteiger partial charge in [-0.05, 0) is 36.4 Å². The number of carbonyl (C=O) groups excluding carboxylic acids is 1. The van der Waals surface area contributed by atoms with Crippen LogP contribution in [-0.2, 0) is 7.05 Å². The highest BCUT2D eigenvalue weighted by Gasteiger charge is 2.13. The summed E-state index contributed by atoms with van der Waals surface area (Å²) in [6.45, 7) is 1.07. The molecule has 5 heteroatoms. The maximum Gasteiger partial charge on any atom is 0.255 e. The molecule has 0 saturated heterocycles. The van der Waals surface area contributed by atoms with Gasteiger partial charge >= 0.3 is 0 Å². The minimum absolute atomic E-state index is 0.146. The Kier molecular flexibility index (Phi) is 3.19. The van der Waals surface area contributed by atoms with Crippen LogP contribution in [0.15, 0.2) is 48.7 Å². The predicted octanol–water partition coefficient (Wildman–Crippen LogP) is 3.20. The van der Waals surface area contributed by atoms with Crippen molar-refractivity contribution in [3.8, 4) is 11.5 Å². The monoisotopic (exact) mass is 308 g/mol. The predicted molar refractivity (Wildman–Crippen MR) is 88.3 cm³/mol. The van der Waals surface area contributed by atoms with Gasteiger partial charge in [-0.2, -0.15) is 0 Å². The summed E-state index contributed by atoms with van der Waals surface area (Å²) in [4.78, 5) is 12.4. The molecule has 0 atom stereocenters. The fourth-order valence-corrected chi connectivity index (χ4v) is 2.75. The molecule has 0 spiro atoms. The Balaban J connectivity index is 1.58. The van der Waals surface area contributed by atoms with Crippen LogP contribution in [0.1, 0.15) is 10.4 Å². The maximum absolute atomic E-state index is 12.4. The highest BCUT2D eigenvalue weighted by molar-refractivity contribution is 6.06. The lowest BCUT2D eigenvalue weighted by molar-refractivity contribution is 0.102. The molecule has 0 saturated carbocycles. The van der Waals surface area contributed by atoms with E-state index in [-0.39, 0.29) is 5.91 Å². The Morgan fingerprint density at radius 3 is 2.74 bits per heavy atom. The average Bonchev–Trinajstić information content (AvgIpc) is 2.95. The number of hydrogen-bond donors (Lipinski definition) is 1. The summed E-state index contributed by atoms with van der Waals surface area (Å²) in [6, 6.07) is 13.1. The lowest BCUT2D eigenvalue weighted by Crippen LogP contribution is -2.16. The van der Waals surface area contributed by atoms with Crippen molar-refractivity contribution in [3.05, 3.63) is 54.2 Å². The third kappa shape index (κ3) is 2.50. The topological polar surface area (TPSA) is 52.5 Å². The molecule has 0 bridgehead atoms. The number of nitrogens with zero attached hydrogens (tertiary/aromatic N) is 1. The SMILES string of the molecule is Cn1ccc2cc(C(=O)Nc3ccc4c(c3)OCCO4)ccc21. The fourth-order valence-electron chi connectivity index (χ4n) is 2.75. The maximum atomic E-state index is 12.4. The number of rotatable bonds is 2. The van der Waals surface area contributed by atoms with E-state index < -0.39 is 0 Å². The number of amides is 1. The van der Waals surface area contributed by atoms with Crippen LogP contribution in [0.3, 0.4) is 0 Å². The molecule has 1 aromatic heterocycles. The largest absolute Gasteiger partial charge is 0.486 e. The van der Waals surface area contributed by atoms with Crippen molar-refractivity contribution in [2.24, 2.45) is 7.05 Å². The first kappa shape index (κ1) is 13.7. The molecular weight excluding hydrogens is 292 g/mol. The molecule has 1 aliphatic heterocycles. The number of anilines is 1. The van der Waals surface area contributed by atoms with Gasteiger partial charge in [0, 0.05) is 41.5 Å². The van der Waals surface area contributed by atoms with E-state index in [9.17, 15) is 4.79 Å². The molecule has 2 heterocycles. The van der Waals surface area contributed by atoms with Crippen LogP contribution in [0, 0.1) is 0 Å². The second-order valence-electron chi connectivity index (χ2n) is 5.51. The van der Waals surface area contributed by atoms with E-state index in [1.165, 1.54) is 0 Å². The molecule has 116 valence electrons. The number of aromatic nitrogens is 1.